The fourth-order valence-electron chi connectivity index (χ4n) is 1.86. The summed E-state index contributed by atoms with van der Waals surface area (Å²) in [7, 11) is 0. The molecule has 2 aromatic rings. The van der Waals surface area contributed by atoms with E-state index in [1.54, 1.807) is 6.07 Å². The number of aryl methyl sites for hydroxylation is 2. The lowest BCUT2D eigenvalue weighted by molar-refractivity contribution is 0.0995. The third-order valence-corrected chi connectivity index (χ3v) is 2.71. The van der Waals surface area contributed by atoms with Crippen LogP contribution in [0.25, 0.3) is 0 Å². The average Bonchev–Trinajstić information content (AvgIpc) is 2.53. The Hall–Kier alpha value is -2.81. The Morgan fingerprint density at radius 1 is 1.12 bits per heavy atom. The smallest absolute Gasteiger partial charge is 0.271 e. The maximum Gasteiger partial charge on any atom is 0.271 e. The number of amides is 1. The number of hydrogen-bond donors (Lipinski definition) is 4. The summed E-state index contributed by atoms with van der Waals surface area (Å²) in [6.45, 7) is 8.69. The number of nitrogens with two attached hydrogens (primary N) is 2. The van der Waals surface area contributed by atoms with Crippen molar-refractivity contribution in [2.45, 2.75) is 27.7 Å². The fourth-order valence-corrected chi connectivity index (χ4v) is 1.86. The molecule has 0 aliphatic carbocycles. The quantitative estimate of drug-likeness (QED) is 0.616. The van der Waals surface area contributed by atoms with Gasteiger partial charge in [0.25, 0.3) is 5.91 Å². The first-order chi connectivity index (χ1) is 11.5. The first kappa shape index (κ1) is 19.2. The van der Waals surface area contributed by atoms with E-state index in [1.165, 1.54) is 0 Å². The van der Waals surface area contributed by atoms with Crippen molar-refractivity contribution in [3.8, 4) is 0 Å². The van der Waals surface area contributed by atoms with Crippen molar-refractivity contribution >= 4 is 23.4 Å². The van der Waals surface area contributed by atoms with E-state index in [-0.39, 0.29) is 5.69 Å². The molecule has 1 amide bonds. The van der Waals surface area contributed by atoms with Gasteiger partial charge in [0.2, 0.25) is 5.95 Å². The average molecular weight is 332 g/mol. The molecule has 0 unspecified atom stereocenters. The zero-order valence-corrected chi connectivity index (χ0v) is 14.4. The number of aromatic nitrogens is 4. The maximum atomic E-state index is 11.5. The number of hydrogen-bond acceptors (Lipinski definition) is 8. The van der Waals surface area contributed by atoms with Gasteiger partial charge in [0.05, 0.1) is 5.69 Å². The molecule has 9 heteroatoms. The highest BCUT2D eigenvalue weighted by Gasteiger charge is 2.14. The van der Waals surface area contributed by atoms with Crippen LogP contribution in [-0.2, 0) is 0 Å². The molecule has 0 fully saturated rings. The molecule has 6 N–H and O–H groups in total. The monoisotopic (exact) mass is 332 g/mol. The van der Waals surface area contributed by atoms with Gasteiger partial charge in [-0.2, -0.15) is 0 Å². The van der Waals surface area contributed by atoms with Gasteiger partial charge in [-0.3, -0.25) is 4.79 Å². The first-order valence-corrected chi connectivity index (χ1v) is 7.70. The van der Waals surface area contributed by atoms with Gasteiger partial charge in [0, 0.05) is 30.5 Å². The van der Waals surface area contributed by atoms with Crippen LogP contribution in [0.5, 0.6) is 0 Å². The van der Waals surface area contributed by atoms with Gasteiger partial charge < -0.3 is 22.1 Å². The zero-order chi connectivity index (χ0) is 18.1. The van der Waals surface area contributed by atoms with Crippen molar-refractivity contribution in [1.82, 2.24) is 20.2 Å². The van der Waals surface area contributed by atoms with Crippen LogP contribution in [0.1, 0.15) is 35.7 Å². The van der Waals surface area contributed by atoms with Gasteiger partial charge in [0.1, 0.15) is 0 Å². The van der Waals surface area contributed by atoms with Gasteiger partial charge in [-0.15, -0.1) is 10.2 Å². The van der Waals surface area contributed by atoms with Crippen LogP contribution < -0.4 is 22.1 Å². The second-order valence-electron chi connectivity index (χ2n) is 4.67. The predicted octanol–water partition coefficient (Wildman–Crippen LogP) is 1.12. The molecular formula is C15H24N8O. The van der Waals surface area contributed by atoms with Crippen LogP contribution in [-0.4, -0.2) is 39.2 Å². The highest BCUT2D eigenvalue weighted by atomic mass is 16.1. The topological polar surface area (TPSA) is 145 Å². The summed E-state index contributed by atoms with van der Waals surface area (Å²) in [5, 5.41) is 13.6. The minimum atomic E-state index is -0.690. The lowest BCUT2D eigenvalue weighted by atomic mass is 10.3. The lowest BCUT2D eigenvalue weighted by Gasteiger charge is -2.11. The van der Waals surface area contributed by atoms with Crippen LogP contribution in [0.3, 0.4) is 0 Å². The number of nitrogens with zero attached hydrogens (tertiary/aromatic N) is 4. The third kappa shape index (κ3) is 5.43. The minimum absolute atomic E-state index is 0.0149. The zero-order valence-electron chi connectivity index (χ0n) is 14.4. The maximum absolute atomic E-state index is 11.5. The van der Waals surface area contributed by atoms with Crippen LogP contribution >= 0.6 is 0 Å². The third-order valence-electron chi connectivity index (χ3n) is 2.71. The van der Waals surface area contributed by atoms with E-state index < -0.39 is 5.91 Å². The van der Waals surface area contributed by atoms with Crippen LogP contribution in [0.15, 0.2) is 12.1 Å². The van der Waals surface area contributed by atoms with E-state index in [0.717, 1.165) is 11.4 Å². The number of carbonyl (C=O) groups excluding carboxylic acids is 1. The summed E-state index contributed by atoms with van der Waals surface area (Å²) in [6.07, 6.45) is 0. The Morgan fingerprint density at radius 2 is 1.75 bits per heavy atom. The minimum Gasteiger partial charge on any atom is -0.367 e. The molecule has 0 radical (unpaired) electrons. The molecule has 0 aliphatic rings. The number of carbonyl (C=O) groups is 1. The van der Waals surface area contributed by atoms with E-state index in [4.69, 9.17) is 11.5 Å². The predicted molar refractivity (Wildman–Crippen MR) is 94.2 cm³/mol. The summed E-state index contributed by atoms with van der Waals surface area (Å²) in [6, 6.07) is 3.46. The fraction of sp³-hybridized carbons (Fsp3) is 0.400. The molecule has 24 heavy (non-hydrogen) atoms. The standard InChI is InChI=1S/C13H18N8O.C2H6/c1-7-5-8(2)18-13(17-7)19-9-6-10(16-4-3-14)20-21-11(9)12(15)22;1-2/h5-6H,3-4,14H2,1-2H3,(H2,15,22)(H2,16,17,18,19,20);1-2H3. The van der Waals surface area contributed by atoms with E-state index in [9.17, 15) is 4.79 Å². The van der Waals surface area contributed by atoms with Crippen LogP contribution in [0, 0.1) is 13.8 Å². The molecule has 0 aromatic carbocycles. The molecule has 2 aromatic heterocycles. The van der Waals surface area contributed by atoms with Crippen molar-refractivity contribution in [2.24, 2.45) is 11.5 Å². The van der Waals surface area contributed by atoms with Gasteiger partial charge >= 0.3 is 0 Å². The van der Waals surface area contributed by atoms with Crippen molar-refractivity contribution < 1.29 is 4.79 Å². The Bertz CT molecular complexity index is 669. The largest absolute Gasteiger partial charge is 0.367 e. The van der Waals surface area contributed by atoms with Crippen molar-refractivity contribution in [2.75, 3.05) is 23.7 Å². The van der Waals surface area contributed by atoms with Crippen LogP contribution in [0.4, 0.5) is 17.5 Å². The summed E-state index contributed by atoms with van der Waals surface area (Å²) in [5.74, 6) is 0.143. The molecule has 0 spiro atoms. The SMILES string of the molecule is CC.Cc1cc(C)nc(Nc2cc(NCCN)nnc2C(N)=O)n1. The molecule has 0 aliphatic heterocycles. The summed E-state index contributed by atoms with van der Waals surface area (Å²) >= 11 is 0. The number of nitrogens with one attached hydrogen (secondary N) is 2. The molecule has 2 heterocycles. The molecular weight excluding hydrogens is 308 g/mol. The first-order valence-electron chi connectivity index (χ1n) is 7.70. The molecule has 0 atom stereocenters. The van der Waals surface area contributed by atoms with Gasteiger partial charge in [0.15, 0.2) is 11.5 Å². The van der Waals surface area contributed by atoms with Gasteiger partial charge in [-0.1, -0.05) is 13.8 Å². The van der Waals surface area contributed by atoms with Crippen molar-refractivity contribution in [1.29, 1.82) is 0 Å². The van der Waals surface area contributed by atoms with Crippen LogP contribution in [0.2, 0.25) is 0 Å². The van der Waals surface area contributed by atoms with E-state index in [0.29, 0.717) is 30.5 Å². The van der Waals surface area contributed by atoms with Crippen molar-refractivity contribution in [3.05, 3.63) is 29.2 Å². The Morgan fingerprint density at radius 3 is 2.29 bits per heavy atom. The molecule has 2 rings (SSSR count). The Labute approximate surface area is 141 Å². The Kier molecular flexibility index (Phi) is 7.50. The molecule has 0 bridgehead atoms. The van der Waals surface area contributed by atoms with Gasteiger partial charge in [-0.25, -0.2) is 9.97 Å². The highest BCUT2D eigenvalue weighted by molar-refractivity contribution is 5.97. The highest BCUT2D eigenvalue weighted by Crippen LogP contribution is 2.19. The molecule has 9 nitrogen and oxygen atoms in total. The van der Waals surface area contributed by atoms with Gasteiger partial charge in [-0.05, 0) is 19.9 Å². The summed E-state index contributed by atoms with van der Waals surface area (Å²) in [4.78, 5) is 20.0. The Balaban J connectivity index is 0.00000139. The lowest BCUT2D eigenvalue weighted by Crippen LogP contribution is -2.19. The van der Waals surface area contributed by atoms with E-state index >= 15 is 0 Å². The second-order valence-corrected chi connectivity index (χ2v) is 4.67. The summed E-state index contributed by atoms with van der Waals surface area (Å²) < 4.78 is 0. The van der Waals surface area contributed by atoms with E-state index in [1.807, 2.05) is 33.8 Å². The normalized spacial score (nSPS) is 9.71. The molecule has 0 saturated carbocycles. The summed E-state index contributed by atoms with van der Waals surface area (Å²) in [5.41, 5.74) is 12.8. The number of anilines is 3. The number of primary amides is 1. The number of rotatable bonds is 6. The molecule has 0 saturated heterocycles. The van der Waals surface area contributed by atoms with E-state index in [2.05, 4.69) is 30.8 Å². The molecule has 130 valence electrons. The second kappa shape index (κ2) is 9.36. The van der Waals surface area contributed by atoms with Crippen molar-refractivity contribution in [3.63, 3.8) is 0 Å².